The number of aliphatic hydroxyl groups is 1. The molecular formula is C25H32O4. The van der Waals surface area contributed by atoms with Gasteiger partial charge in [0.05, 0.1) is 6.26 Å². The van der Waals surface area contributed by atoms with Gasteiger partial charge in [0, 0.05) is 30.1 Å². The molecule has 29 heavy (non-hydrogen) atoms. The van der Waals surface area contributed by atoms with Crippen LogP contribution in [0.3, 0.4) is 0 Å². The zero-order valence-electron chi connectivity index (χ0n) is 17.5. The molecule has 0 saturated heterocycles. The zero-order valence-corrected chi connectivity index (χ0v) is 17.5. The topological polar surface area (TPSA) is 63.6 Å². The van der Waals surface area contributed by atoms with E-state index in [1.54, 1.807) is 6.26 Å². The summed E-state index contributed by atoms with van der Waals surface area (Å²) in [5.41, 5.74) is 2.73. The number of hydrogen-bond acceptors (Lipinski definition) is 4. The van der Waals surface area contributed by atoms with Gasteiger partial charge in [-0.3, -0.25) is 9.59 Å². The molecule has 1 N–H and O–H groups in total. The fourth-order valence-electron chi connectivity index (χ4n) is 7.71. The molecular weight excluding hydrogens is 364 g/mol. The summed E-state index contributed by atoms with van der Waals surface area (Å²) in [6.45, 7) is 4.24. The molecule has 2 saturated carbocycles. The number of Topliss-reactive ketones (excluding diaryl/α,β-unsaturated/α-hetero) is 1. The highest BCUT2D eigenvalue weighted by atomic mass is 16.5. The van der Waals surface area contributed by atoms with E-state index in [1.807, 2.05) is 6.08 Å². The summed E-state index contributed by atoms with van der Waals surface area (Å²) in [5.74, 6) is 1.20. The summed E-state index contributed by atoms with van der Waals surface area (Å²) in [4.78, 5) is 25.0. The summed E-state index contributed by atoms with van der Waals surface area (Å²) >= 11 is 0. The Hall–Kier alpha value is -1.68. The lowest BCUT2D eigenvalue weighted by atomic mass is 9.51. The monoisotopic (exact) mass is 396 g/mol. The normalized spacial score (nSPS) is 45.6. The molecule has 0 aromatic rings. The van der Waals surface area contributed by atoms with Gasteiger partial charge in [-0.15, -0.1) is 0 Å². The first-order valence-electron chi connectivity index (χ1n) is 11.3. The second-order valence-corrected chi connectivity index (χ2v) is 10.4. The van der Waals surface area contributed by atoms with E-state index in [-0.39, 0.29) is 46.9 Å². The summed E-state index contributed by atoms with van der Waals surface area (Å²) in [5, 5.41) is 9.75. The molecule has 2 fully saturated rings. The fraction of sp³-hybridized carbons (Fsp3) is 0.680. The van der Waals surface area contributed by atoms with E-state index >= 15 is 0 Å². The molecule has 0 amide bonds. The van der Waals surface area contributed by atoms with Crippen molar-refractivity contribution in [3.63, 3.8) is 0 Å². The molecule has 0 radical (unpaired) electrons. The van der Waals surface area contributed by atoms with E-state index in [0.717, 1.165) is 38.5 Å². The first-order valence-corrected chi connectivity index (χ1v) is 11.3. The van der Waals surface area contributed by atoms with Crippen molar-refractivity contribution in [2.24, 2.45) is 34.5 Å². The first kappa shape index (κ1) is 19.3. The van der Waals surface area contributed by atoms with E-state index in [0.29, 0.717) is 18.3 Å². The van der Waals surface area contributed by atoms with Gasteiger partial charge in [0.25, 0.3) is 0 Å². The number of allylic oxidation sites excluding steroid dienone is 4. The number of aliphatic hydroxyl groups excluding tert-OH is 1. The fourth-order valence-corrected chi connectivity index (χ4v) is 7.71. The van der Waals surface area contributed by atoms with Gasteiger partial charge in [-0.25, -0.2) is 0 Å². The Labute approximate surface area is 173 Å². The van der Waals surface area contributed by atoms with Gasteiger partial charge in [0.1, 0.15) is 12.7 Å². The Morgan fingerprint density at radius 3 is 2.86 bits per heavy atom. The van der Waals surface area contributed by atoms with Gasteiger partial charge in [0.2, 0.25) is 0 Å². The highest BCUT2D eigenvalue weighted by Gasteiger charge is 2.61. The van der Waals surface area contributed by atoms with Crippen molar-refractivity contribution in [3.05, 3.63) is 35.6 Å². The number of rotatable bonds is 3. The Balaban J connectivity index is 1.53. The maximum atomic E-state index is 12.9. The van der Waals surface area contributed by atoms with Crippen LogP contribution in [0.15, 0.2) is 35.6 Å². The van der Waals surface area contributed by atoms with Crippen molar-refractivity contribution >= 4 is 11.6 Å². The number of fused-ring (bicyclic) bond motifs is 5. The van der Waals surface area contributed by atoms with E-state index in [9.17, 15) is 14.7 Å². The number of ether oxygens (including phenoxy) is 1. The smallest absolute Gasteiger partial charge is 0.162 e. The molecule has 4 aliphatic carbocycles. The molecule has 1 heterocycles. The van der Waals surface area contributed by atoms with Crippen molar-refractivity contribution in [1.82, 2.24) is 0 Å². The molecule has 0 spiro atoms. The minimum Gasteiger partial charge on any atom is -0.498 e. The van der Waals surface area contributed by atoms with E-state index in [1.165, 1.54) is 11.1 Å². The third kappa shape index (κ3) is 2.67. The number of carbonyl (C=O) groups is 2. The van der Waals surface area contributed by atoms with Crippen molar-refractivity contribution in [2.75, 3.05) is 6.61 Å². The average molecular weight is 397 g/mol. The molecule has 1 aliphatic heterocycles. The summed E-state index contributed by atoms with van der Waals surface area (Å²) in [6, 6.07) is 0. The number of ketones is 2. The third-order valence-electron chi connectivity index (χ3n) is 9.13. The maximum Gasteiger partial charge on any atom is 0.162 e. The molecule has 0 aromatic carbocycles. The Bertz CT molecular complexity index is 828. The van der Waals surface area contributed by atoms with Gasteiger partial charge < -0.3 is 9.84 Å². The number of hydrogen-bond donors (Lipinski definition) is 1. The second kappa shape index (κ2) is 6.66. The molecule has 5 rings (SSSR count). The van der Waals surface area contributed by atoms with Crippen molar-refractivity contribution in [3.8, 4) is 0 Å². The molecule has 0 bridgehead atoms. The largest absolute Gasteiger partial charge is 0.498 e. The van der Waals surface area contributed by atoms with Crippen LogP contribution in [0.5, 0.6) is 0 Å². The molecule has 7 atom stereocenters. The Kier molecular flexibility index (Phi) is 4.43. The van der Waals surface area contributed by atoms with Crippen LogP contribution >= 0.6 is 0 Å². The van der Waals surface area contributed by atoms with Gasteiger partial charge >= 0.3 is 0 Å². The van der Waals surface area contributed by atoms with Crippen LogP contribution in [0.4, 0.5) is 0 Å². The predicted octanol–water partition coefficient (Wildman–Crippen LogP) is 4.14. The average Bonchev–Trinajstić information content (AvgIpc) is 3.33. The van der Waals surface area contributed by atoms with Crippen molar-refractivity contribution in [1.29, 1.82) is 0 Å². The second-order valence-electron chi connectivity index (χ2n) is 10.4. The van der Waals surface area contributed by atoms with E-state index < -0.39 is 0 Å². The lowest BCUT2D eigenvalue weighted by Crippen LogP contribution is -2.46. The zero-order chi connectivity index (χ0) is 20.4. The number of carbonyl (C=O) groups excluding carboxylic acids is 2. The standard InChI is InChI=1S/C25H32O4/c1-24-9-7-16(27)12-15(24)5-6-17-19(24)8-10-25(2)20(17)13-18(22-4-3-11-29-22)23(25)21(28)14-26/h3,8,11-12,17-18,20,22-23,26H,4-7,9-10,13-14H2,1-2H3. The van der Waals surface area contributed by atoms with Crippen LogP contribution in [-0.2, 0) is 14.3 Å². The van der Waals surface area contributed by atoms with E-state index in [2.05, 4.69) is 26.0 Å². The first-order chi connectivity index (χ1) is 13.9. The van der Waals surface area contributed by atoms with E-state index in [4.69, 9.17) is 4.74 Å². The molecule has 156 valence electrons. The lowest BCUT2D eigenvalue weighted by molar-refractivity contribution is -0.132. The minimum absolute atomic E-state index is 0.0120. The minimum atomic E-state index is -0.377. The quantitative estimate of drug-likeness (QED) is 0.728. The van der Waals surface area contributed by atoms with Gasteiger partial charge in [-0.05, 0) is 61.5 Å². The van der Waals surface area contributed by atoms with Gasteiger partial charge in [-0.2, -0.15) is 0 Å². The molecule has 4 heteroatoms. The van der Waals surface area contributed by atoms with Crippen LogP contribution in [-0.4, -0.2) is 29.4 Å². The molecule has 4 nitrogen and oxygen atoms in total. The molecule has 5 aliphatic rings. The van der Waals surface area contributed by atoms with Crippen LogP contribution in [0.25, 0.3) is 0 Å². The van der Waals surface area contributed by atoms with Gasteiger partial charge in [-0.1, -0.05) is 31.1 Å². The SMILES string of the molecule is CC12CCC(=O)C=C1CCC1C2=CCC2(C)C1CC(C1CC=CO1)C2C(=O)CO. The van der Waals surface area contributed by atoms with Crippen LogP contribution in [0.2, 0.25) is 0 Å². The van der Waals surface area contributed by atoms with Crippen molar-refractivity contribution in [2.45, 2.75) is 64.9 Å². The predicted molar refractivity (Wildman–Crippen MR) is 110 cm³/mol. The van der Waals surface area contributed by atoms with Crippen molar-refractivity contribution < 1.29 is 19.4 Å². The highest BCUT2D eigenvalue weighted by molar-refractivity contribution is 5.92. The Morgan fingerprint density at radius 2 is 2.14 bits per heavy atom. The molecule has 0 aromatic heterocycles. The highest BCUT2D eigenvalue weighted by Crippen LogP contribution is 2.66. The van der Waals surface area contributed by atoms with Crippen LogP contribution in [0.1, 0.15) is 58.8 Å². The van der Waals surface area contributed by atoms with Gasteiger partial charge in [0.15, 0.2) is 11.6 Å². The Morgan fingerprint density at radius 1 is 1.31 bits per heavy atom. The lowest BCUT2D eigenvalue weighted by Gasteiger charge is -2.53. The summed E-state index contributed by atoms with van der Waals surface area (Å²) in [6.07, 6.45) is 14.6. The third-order valence-corrected chi connectivity index (χ3v) is 9.13. The van der Waals surface area contributed by atoms with Crippen LogP contribution in [0, 0.1) is 34.5 Å². The maximum absolute atomic E-state index is 12.9. The summed E-state index contributed by atoms with van der Waals surface area (Å²) in [7, 11) is 0. The summed E-state index contributed by atoms with van der Waals surface area (Å²) < 4.78 is 5.89. The molecule has 7 unspecified atom stereocenters. The van der Waals surface area contributed by atoms with Crippen LogP contribution < -0.4 is 0 Å².